The topological polar surface area (TPSA) is 175 Å². The molecule has 0 spiro atoms. The predicted octanol–water partition coefficient (Wildman–Crippen LogP) is -0.615. The number of carbonyl (C=O) groups excluding carboxylic acids is 1. The molecule has 0 amide bonds. The zero-order chi connectivity index (χ0) is 26.9. The van der Waals surface area contributed by atoms with Crippen molar-refractivity contribution in [2.24, 2.45) is 11.3 Å². The van der Waals surface area contributed by atoms with Crippen molar-refractivity contribution < 1.29 is 54.4 Å². The number of allylic oxidation sites excluding steroid dienone is 2. The highest BCUT2D eigenvalue weighted by atomic mass is 16.8. The molecule has 3 aliphatic rings. The van der Waals surface area contributed by atoms with Crippen molar-refractivity contribution in [3.05, 3.63) is 11.6 Å². The Balaban J connectivity index is 1.70. The number of ether oxygens (including phenoxy) is 4. The lowest BCUT2D eigenvalue weighted by molar-refractivity contribution is -0.368. The van der Waals surface area contributed by atoms with E-state index in [9.17, 15) is 35.4 Å². The number of ketones is 1. The van der Waals surface area contributed by atoms with Crippen LogP contribution in [0.3, 0.4) is 0 Å². The molecule has 0 unspecified atom stereocenters. The molecule has 11 nitrogen and oxygen atoms in total. The summed E-state index contributed by atoms with van der Waals surface area (Å²) in [7, 11) is 0. The van der Waals surface area contributed by atoms with Crippen LogP contribution in [0.15, 0.2) is 11.6 Å². The molecule has 12 atom stereocenters. The van der Waals surface area contributed by atoms with Crippen molar-refractivity contribution in [2.75, 3.05) is 6.61 Å². The van der Waals surface area contributed by atoms with Gasteiger partial charge in [-0.1, -0.05) is 19.4 Å². The van der Waals surface area contributed by atoms with Crippen molar-refractivity contribution in [2.45, 2.75) is 121 Å². The van der Waals surface area contributed by atoms with Crippen LogP contribution in [0.25, 0.3) is 0 Å². The first-order valence-electron chi connectivity index (χ1n) is 12.6. The molecule has 2 aliphatic heterocycles. The lowest BCUT2D eigenvalue weighted by Gasteiger charge is -2.46. The third-order valence-corrected chi connectivity index (χ3v) is 7.66. The van der Waals surface area contributed by atoms with E-state index in [2.05, 4.69) is 13.8 Å². The minimum Gasteiger partial charge on any atom is -0.394 e. The molecule has 0 saturated carbocycles. The van der Waals surface area contributed by atoms with Gasteiger partial charge in [-0.05, 0) is 51.0 Å². The van der Waals surface area contributed by atoms with Crippen LogP contribution in [0.2, 0.25) is 0 Å². The highest BCUT2D eigenvalue weighted by molar-refractivity contribution is 5.91. The third-order valence-electron chi connectivity index (χ3n) is 7.66. The fourth-order valence-corrected chi connectivity index (χ4v) is 5.50. The summed E-state index contributed by atoms with van der Waals surface area (Å²) < 4.78 is 23.0. The van der Waals surface area contributed by atoms with Crippen LogP contribution in [0, 0.1) is 11.3 Å². The van der Waals surface area contributed by atoms with E-state index in [1.165, 1.54) is 6.92 Å². The maximum Gasteiger partial charge on any atom is 0.187 e. The lowest BCUT2D eigenvalue weighted by atomic mass is 9.66. The summed E-state index contributed by atoms with van der Waals surface area (Å²) in [5.41, 5.74) is 0.831. The molecule has 11 heteroatoms. The van der Waals surface area contributed by atoms with E-state index in [4.69, 9.17) is 18.9 Å². The maximum atomic E-state index is 12.0. The second-order valence-corrected chi connectivity index (χ2v) is 11.1. The summed E-state index contributed by atoms with van der Waals surface area (Å²) in [4.78, 5) is 12.0. The van der Waals surface area contributed by atoms with Crippen molar-refractivity contribution in [1.29, 1.82) is 0 Å². The van der Waals surface area contributed by atoms with Gasteiger partial charge in [0.15, 0.2) is 18.4 Å². The zero-order valence-corrected chi connectivity index (χ0v) is 21.6. The van der Waals surface area contributed by atoms with Gasteiger partial charge in [-0.25, -0.2) is 0 Å². The molecule has 0 bridgehead atoms. The van der Waals surface area contributed by atoms with E-state index >= 15 is 0 Å². The number of hydrogen-bond acceptors (Lipinski definition) is 11. The number of aliphatic hydroxyl groups excluding tert-OH is 6. The summed E-state index contributed by atoms with van der Waals surface area (Å²) in [5, 5.41) is 61.1. The third kappa shape index (κ3) is 6.35. The first kappa shape index (κ1) is 29.6. The standard InChI is InChI=1S/C25H42O11/c1-11-8-14(27)9-25(4,5)15(11)7-6-12(2)33-24-22(20(31)18(29)16(10-26)35-24)36-23-21(32)19(30)17(28)13(3)34-23/h8,12-13,15-24,26,28-32H,6-7,9-10H2,1-5H3/t12-,13-,15-,16+,17-,18+,19+,20-,21+,22+,23-,24+/m0/s1. The first-order chi connectivity index (χ1) is 16.8. The molecule has 0 aromatic carbocycles. The molecular weight excluding hydrogens is 476 g/mol. The molecule has 2 heterocycles. The van der Waals surface area contributed by atoms with E-state index in [1.807, 2.05) is 13.8 Å². The van der Waals surface area contributed by atoms with Gasteiger partial charge >= 0.3 is 0 Å². The number of hydrogen-bond donors (Lipinski definition) is 6. The van der Waals surface area contributed by atoms with Crippen LogP contribution in [-0.2, 0) is 23.7 Å². The number of aliphatic hydroxyl groups is 6. The Morgan fingerprint density at radius 1 is 1.03 bits per heavy atom. The SMILES string of the molecule is CC1=CC(=O)CC(C)(C)[C@H]1CC[C@H](C)O[C@@H]1O[C@H](CO)[C@@H](O)[C@H](O)[C@H]1O[C@@H]1O[C@@H](C)[C@H](O)[C@@H](O)[C@H]1O. The highest BCUT2D eigenvalue weighted by Gasteiger charge is 2.50. The molecule has 0 aromatic rings. The fourth-order valence-electron chi connectivity index (χ4n) is 5.50. The second kappa shape index (κ2) is 11.8. The average molecular weight is 519 g/mol. The first-order valence-corrected chi connectivity index (χ1v) is 12.6. The van der Waals surface area contributed by atoms with Gasteiger partial charge < -0.3 is 49.6 Å². The largest absolute Gasteiger partial charge is 0.394 e. The van der Waals surface area contributed by atoms with Crippen molar-refractivity contribution in [1.82, 2.24) is 0 Å². The minimum atomic E-state index is -1.62. The zero-order valence-electron chi connectivity index (χ0n) is 21.6. The van der Waals surface area contributed by atoms with Gasteiger partial charge in [0, 0.05) is 6.42 Å². The van der Waals surface area contributed by atoms with Gasteiger partial charge in [0.05, 0.1) is 18.8 Å². The molecule has 1 aliphatic carbocycles. The van der Waals surface area contributed by atoms with E-state index in [0.29, 0.717) is 12.8 Å². The summed E-state index contributed by atoms with van der Waals surface area (Å²) >= 11 is 0. The lowest BCUT2D eigenvalue weighted by Crippen LogP contribution is -2.64. The number of carbonyl (C=O) groups is 1. The monoisotopic (exact) mass is 518 g/mol. The Hall–Kier alpha value is -0.990. The summed E-state index contributed by atoms with van der Waals surface area (Å²) in [6.45, 7) is 8.83. The van der Waals surface area contributed by atoms with E-state index in [-0.39, 0.29) is 17.1 Å². The van der Waals surface area contributed by atoms with Crippen LogP contribution in [-0.4, -0.2) is 111 Å². The summed E-state index contributed by atoms with van der Waals surface area (Å²) in [6, 6.07) is 0. The maximum absolute atomic E-state index is 12.0. The Bertz CT molecular complexity index is 786. The Morgan fingerprint density at radius 2 is 1.69 bits per heavy atom. The van der Waals surface area contributed by atoms with Crippen LogP contribution in [0.1, 0.15) is 53.9 Å². The van der Waals surface area contributed by atoms with Crippen LogP contribution in [0.5, 0.6) is 0 Å². The number of rotatable bonds is 8. The molecule has 0 aromatic heterocycles. The molecule has 2 fully saturated rings. The normalized spacial score (nSPS) is 44.2. The van der Waals surface area contributed by atoms with Gasteiger partial charge in [0.2, 0.25) is 0 Å². The molecular formula is C25H42O11. The summed E-state index contributed by atoms with van der Waals surface area (Å²) in [6.07, 6.45) is -10.5. The van der Waals surface area contributed by atoms with Gasteiger partial charge in [-0.3, -0.25) is 4.79 Å². The van der Waals surface area contributed by atoms with Crippen LogP contribution >= 0.6 is 0 Å². The molecule has 0 radical (unpaired) electrons. The molecule has 208 valence electrons. The van der Waals surface area contributed by atoms with Crippen molar-refractivity contribution >= 4 is 5.78 Å². The molecule has 2 saturated heterocycles. The van der Waals surface area contributed by atoms with Gasteiger partial charge in [-0.15, -0.1) is 0 Å². The molecule has 3 rings (SSSR count). The summed E-state index contributed by atoms with van der Waals surface area (Å²) in [5.74, 6) is 0.300. The van der Waals surface area contributed by atoms with Gasteiger partial charge in [0.25, 0.3) is 0 Å². The van der Waals surface area contributed by atoms with Crippen molar-refractivity contribution in [3.8, 4) is 0 Å². The highest BCUT2D eigenvalue weighted by Crippen LogP contribution is 2.42. The smallest absolute Gasteiger partial charge is 0.187 e. The Labute approximate surface area is 211 Å². The van der Waals surface area contributed by atoms with Crippen LogP contribution < -0.4 is 0 Å². The van der Waals surface area contributed by atoms with E-state index in [1.54, 1.807) is 6.08 Å². The predicted molar refractivity (Wildman–Crippen MR) is 125 cm³/mol. The van der Waals surface area contributed by atoms with E-state index in [0.717, 1.165) is 12.0 Å². The quantitative estimate of drug-likeness (QED) is 0.242. The average Bonchev–Trinajstić information content (AvgIpc) is 2.79. The second-order valence-electron chi connectivity index (χ2n) is 11.1. The Kier molecular flexibility index (Phi) is 9.70. The van der Waals surface area contributed by atoms with Gasteiger partial charge in [-0.2, -0.15) is 0 Å². The molecule has 6 N–H and O–H groups in total. The minimum absolute atomic E-state index is 0.121. The Morgan fingerprint density at radius 3 is 2.31 bits per heavy atom. The fraction of sp³-hybridized carbons (Fsp3) is 0.880. The van der Waals surface area contributed by atoms with E-state index < -0.39 is 74.1 Å². The van der Waals surface area contributed by atoms with Crippen LogP contribution in [0.4, 0.5) is 0 Å². The molecule has 36 heavy (non-hydrogen) atoms. The van der Waals surface area contributed by atoms with Gasteiger partial charge in [0.1, 0.15) is 42.7 Å². The van der Waals surface area contributed by atoms with Crippen molar-refractivity contribution in [3.63, 3.8) is 0 Å².